The van der Waals surface area contributed by atoms with Gasteiger partial charge in [-0.05, 0) is 38.5 Å². The molecule has 0 spiro atoms. The van der Waals surface area contributed by atoms with Crippen LogP contribution in [0.5, 0.6) is 5.75 Å². The first-order valence-electron chi connectivity index (χ1n) is 6.86. The summed E-state index contributed by atoms with van der Waals surface area (Å²) in [6, 6.07) is 7.90. The largest absolute Gasteiger partial charge is 0.486 e. The summed E-state index contributed by atoms with van der Waals surface area (Å²) in [6.07, 6.45) is 3.82. The SMILES string of the molecule is CCC(C)n1ccc(COc2ccc(C)cc2C=O)n1. The quantitative estimate of drug-likeness (QED) is 0.755. The summed E-state index contributed by atoms with van der Waals surface area (Å²) >= 11 is 0. The lowest BCUT2D eigenvalue weighted by molar-refractivity contribution is 0.111. The fourth-order valence-corrected chi connectivity index (χ4v) is 1.93. The summed E-state index contributed by atoms with van der Waals surface area (Å²) < 4.78 is 7.63. The van der Waals surface area contributed by atoms with Crippen molar-refractivity contribution in [1.82, 2.24) is 9.78 Å². The first kappa shape index (κ1) is 14.3. The van der Waals surface area contributed by atoms with Crippen molar-refractivity contribution >= 4 is 6.29 Å². The minimum atomic E-state index is 0.368. The zero-order chi connectivity index (χ0) is 14.5. The van der Waals surface area contributed by atoms with Gasteiger partial charge in [-0.3, -0.25) is 9.48 Å². The Kier molecular flexibility index (Phi) is 4.56. The maximum atomic E-state index is 11.0. The molecule has 0 fully saturated rings. The number of aryl methyl sites for hydroxylation is 1. The predicted molar refractivity (Wildman–Crippen MR) is 78.1 cm³/mol. The van der Waals surface area contributed by atoms with Crippen molar-refractivity contribution in [2.24, 2.45) is 0 Å². The van der Waals surface area contributed by atoms with E-state index < -0.39 is 0 Å². The molecule has 20 heavy (non-hydrogen) atoms. The normalized spacial score (nSPS) is 12.2. The Morgan fingerprint density at radius 2 is 2.20 bits per heavy atom. The van der Waals surface area contributed by atoms with Gasteiger partial charge in [0.25, 0.3) is 0 Å². The van der Waals surface area contributed by atoms with Crippen LogP contribution in [0.25, 0.3) is 0 Å². The van der Waals surface area contributed by atoms with E-state index in [4.69, 9.17) is 4.74 Å². The van der Waals surface area contributed by atoms with Crippen LogP contribution in [0.3, 0.4) is 0 Å². The van der Waals surface area contributed by atoms with Gasteiger partial charge in [0.2, 0.25) is 0 Å². The molecule has 1 atom stereocenters. The van der Waals surface area contributed by atoms with Crippen molar-refractivity contribution in [1.29, 1.82) is 0 Å². The maximum absolute atomic E-state index is 11.0. The molecule has 0 saturated carbocycles. The molecule has 0 aliphatic heterocycles. The van der Waals surface area contributed by atoms with Gasteiger partial charge >= 0.3 is 0 Å². The first-order valence-corrected chi connectivity index (χ1v) is 6.86. The number of aldehydes is 1. The molecule has 0 amide bonds. The number of carbonyl (C=O) groups excluding carboxylic acids is 1. The smallest absolute Gasteiger partial charge is 0.153 e. The number of benzene rings is 1. The molecule has 2 rings (SSSR count). The van der Waals surface area contributed by atoms with Crippen LogP contribution in [-0.4, -0.2) is 16.1 Å². The molecule has 0 N–H and O–H groups in total. The van der Waals surface area contributed by atoms with Crippen LogP contribution >= 0.6 is 0 Å². The average molecular weight is 272 g/mol. The number of aromatic nitrogens is 2. The molecular weight excluding hydrogens is 252 g/mol. The van der Waals surface area contributed by atoms with Gasteiger partial charge < -0.3 is 4.74 Å². The molecule has 1 aromatic carbocycles. The van der Waals surface area contributed by atoms with E-state index in [2.05, 4.69) is 18.9 Å². The third-order valence-corrected chi connectivity index (χ3v) is 3.37. The van der Waals surface area contributed by atoms with Crippen molar-refractivity contribution in [3.05, 3.63) is 47.3 Å². The Morgan fingerprint density at radius 3 is 2.90 bits per heavy atom. The standard InChI is InChI=1S/C16H20N2O2/c1-4-13(3)18-8-7-15(17-18)11-20-16-6-5-12(2)9-14(16)10-19/h5-10,13H,4,11H2,1-3H3. The monoisotopic (exact) mass is 272 g/mol. The van der Waals surface area contributed by atoms with Gasteiger partial charge in [0.05, 0.1) is 11.3 Å². The number of ether oxygens (including phenoxy) is 1. The highest BCUT2D eigenvalue weighted by Gasteiger charge is 2.07. The van der Waals surface area contributed by atoms with Gasteiger partial charge in [-0.1, -0.05) is 18.6 Å². The second-order valence-electron chi connectivity index (χ2n) is 4.99. The van der Waals surface area contributed by atoms with Crippen molar-refractivity contribution < 1.29 is 9.53 Å². The van der Waals surface area contributed by atoms with Crippen LogP contribution in [0, 0.1) is 6.92 Å². The number of nitrogens with zero attached hydrogens (tertiary/aromatic N) is 2. The summed E-state index contributed by atoms with van der Waals surface area (Å²) in [4.78, 5) is 11.0. The van der Waals surface area contributed by atoms with Crippen LogP contribution in [0.4, 0.5) is 0 Å². The van der Waals surface area contributed by atoms with Crippen LogP contribution in [-0.2, 0) is 6.61 Å². The highest BCUT2D eigenvalue weighted by atomic mass is 16.5. The number of carbonyl (C=O) groups is 1. The molecule has 0 radical (unpaired) electrons. The maximum Gasteiger partial charge on any atom is 0.153 e. The Bertz CT molecular complexity index is 590. The lowest BCUT2D eigenvalue weighted by Gasteiger charge is -2.09. The van der Waals surface area contributed by atoms with E-state index in [0.29, 0.717) is 24.0 Å². The van der Waals surface area contributed by atoms with E-state index in [9.17, 15) is 4.79 Å². The molecule has 0 saturated heterocycles. The number of rotatable bonds is 6. The van der Waals surface area contributed by atoms with Gasteiger partial charge in [-0.25, -0.2) is 0 Å². The lowest BCUT2D eigenvalue weighted by Crippen LogP contribution is -2.06. The second-order valence-corrected chi connectivity index (χ2v) is 4.99. The van der Waals surface area contributed by atoms with E-state index in [1.807, 2.05) is 42.1 Å². The third-order valence-electron chi connectivity index (χ3n) is 3.37. The van der Waals surface area contributed by atoms with Gasteiger partial charge in [0, 0.05) is 12.2 Å². The molecule has 0 aliphatic carbocycles. The molecule has 1 aromatic heterocycles. The summed E-state index contributed by atoms with van der Waals surface area (Å²) in [6.45, 7) is 6.57. The van der Waals surface area contributed by atoms with Crippen molar-refractivity contribution in [2.45, 2.75) is 39.8 Å². The lowest BCUT2D eigenvalue weighted by atomic mass is 10.1. The Labute approximate surface area is 119 Å². The molecule has 1 heterocycles. The van der Waals surface area contributed by atoms with E-state index in [1.165, 1.54) is 0 Å². The van der Waals surface area contributed by atoms with Gasteiger partial charge in [-0.2, -0.15) is 5.10 Å². The Balaban J connectivity index is 2.05. The molecule has 0 bridgehead atoms. The van der Waals surface area contributed by atoms with Crippen LogP contribution in [0.15, 0.2) is 30.5 Å². The fraction of sp³-hybridized carbons (Fsp3) is 0.375. The Morgan fingerprint density at radius 1 is 1.40 bits per heavy atom. The fourth-order valence-electron chi connectivity index (χ4n) is 1.93. The summed E-state index contributed by atoms with van der Waals surface area (Å²) in [5.41, 5.74) is 2.48. The minimum Gasteiger partial charge on any atom is -0.486 e. The first-order chi connectivity index (χ1) is 9.63. The van der Waals surface area contributed by atoms with Gasteiger partial charge in [0.1, 0.15) is 12.4 Å². The zero-order valence-corrected chi connectivity index (χ0v) is 12.2. The molecule has 4 heteroatoms. The highest BCUT2D eigenvalue weighted by Crippen LogP contribution is 2.19. The van der Waals surface area contributed by atoms with Crippen molar-refractivity contribution in [3.63, 3.8) is 0 Å². The van der Waals surface area contributed by atoms with E-state index in [1.54, 1.807) is 0 Å². The van der Waals surface area contributed by atoms with Crippen molar-refractivity contribution in [2.75, 3.05) is 0 Å². The van der Waals surface area contributed by atoms with Crippen LogP contribution in [0.2, 0.25) is 0 Å². The van der Waals surface area contributed by atoms with Gasteiger partial charge in [-0.15, -0.1) is 0 Å². The van der Waals surface area contributed by atoms with Crippen molar-refractivity contribution in [3.8, 4) is 5.75 Å². The summed E-state index contributed by atoms with van der Waals surface area (Å²) in [7, 11) is 0. The number of hydrogen-bond donors (Lipinski definition) is 0. The summed E-state index contributed by atoms with van der Waals surface area (Å²) in [5.74, 6) is 0.601. The van der Waals surface area contributed by atoms with E-state index >= 15 is 0 Å². The minimum absolute atomic E-state index is 0.368. The molecule has 4 nitrogen and oxygen atoms in total. The molecule has 0 aliphatic rings. The van der Waals surface area contributed by atoms with Crippen LogP contribution in [0.1, 0.15) is 47.9 Å². The third kappa shape index (κ3) is 3.26. The molecule has 2 aromatic rings. The van der Waals surface area contributed by atoms with Gasteiger partial charge in [0.15, 0.2) is 6.29 Å². The van der Waals surface area contributed by atoms with E-state index in [-0.39, 0.29) is 0 Å². The summed E-state index contributed by atoms with van der Waals surface area (Å²) in [5, 5.41) is 4.47. The van der Waals surface area contributed by atoms with E-state index in [0.717, 1.165) is 24.0 Å². The Hall–Kier alpha value is -2.10. The molecule has 1 unspecified atom stereocenters. The number of hydrogen-bond acceptors (Lipinski definition) is 3. The highest BCUT2D eigenvalue weighted by molar-refractivity contribution is 5.79. The average Bonchev–Trinajstić information content (AvgIpc) is 2.93. The second kappa shape index (κ2) is 6.37. The molecular formula is C16H20N2O2. The van der Waals surface area contributed by atoms with Crippen LogP contribution < -0.4 is 4.74 Å². The zero-order valence-electron chi connectivity index (χ0n) is 12.2. The predicted octanol–water partition coefficient (Wildman–Crippen LogP) is 3.55. The molecule has 106 valence electrons. The topological polar surface area (TPSA) is 44.1 Å².